The van der Waals surface area contributed by atoms with Crippen LogP contribution in [0.4, 0.5) is 0 Å². The van der Waals surface area contributed by atoms with Gasteiger partial charge in [-0.1, -0.05) is 6.92 Å². The zero-order valence-corrected chi connectivity index (χ0v) is 5.98. The van der Waals surface area contributed by atoms with E-state index in [4.69, 9.17) is 4.74 Å². The van der Waals surface area contributed by atoms with Gasteiger partial charge in [-0.15, -0.1) is 0 Å². The van der Waals surface area contributed by atoms with Crippen molar-refractivity contribution < 1.29 is 4.74 Å². The Labute approximate surface area is 52.0 Å². The monoisotopic (exact) mass is 115 g/mol. The normalized spacial score (nSPS) is 13.9. The van der Waals surface area contributed by atoms with E-state index in [1.165, 1.54) is 0 Å². The Bertz CT molecular complexity index is 37.7. The predicted molar refractivity (Wildman–Crippen MR) is 35.7 cm³/mol. The molecule has 0 heterocycles. The molecule has 0 aliphatic rings. The van der Waals surface area contributed by atoms with Gasteiger partial charge in [0, 0.05) is 6.61 Å². The van der Waals surface area contributed by atoms with Crippen LogP contribution < -0.4 is 0 Å². The molecule has 0 rings (SSSR count). The number of ether oxygens (including phenoxy) is 1. The number of hydrogen-bond donors (Lipinski definition) is 0. The van der Waals surface area contributed by atoms with Crippen LogP contribution in [0, 0.1) is 6.42 Å². The molecule has 0 aliphatic carbocycles. The maximum absolute atomic E-state index is 5.25. The Morgan fingerprint density at radius 1 is 1.62 bits per heavy atom. The van der Waals surface area contributed by atoms with Crippen molar-refractivity contribution >= 4 is 0 Å². The van der Waals surface area contributed by atoms with Gasteiger partial charge < -0.3 is 4.74 Å². The van der Waals surface area contributed by atoms with Crippen LogP contribution in [0.5, 0.6) is 0 Å². The molecule has 0 fully saturated rings. The first kappa shape index (κ1) is 7.96. The molecule has 1 atom stereocenters. The molecule has 0 bridgehead atoms. The van der Waals surface area contributed by atoms with Crippen LogP contribution >= 0.6 is 0 Å². The van der Waals surface area contributed by atoms with Crippen LogP contribution in [0.3, 0.4) is 0 Å². The second kappa shape index (κ2) is 5.10. The summed E-state index contributed by atoms with van der Waals surface area (Å²) in [5.41, 5.74) is 0. The lowest BCUT2D eigenvalue weighted by Gasteiger charge is -2.07. The molecule has 0 saturated carbocycles. The lowest BCUT2D eigenvalue weighted by atomic mass is 10.2. The van der Waals surface area contributed by atoms with Gasteiger partial charge in [0.15, 0.2) is 0 Å². The van der Waals surface area contributed by atoms with Crippen molar-refractivity contribution in [3.63, 3.8) is 0 Å². The first-order chi connectivity index (χ1) is 3.81. The molecule has 8 heavy (non-hydrogen) atoms. The minimum atomic E-state index is 0.407. The maximum atomic E-state index is 5.25. The van der Waals surface area contributed by atoms with Crippen molar-refractivity contribution in [2.75, 3.05) is 6.61 Å². The van der Waals surface area contributed by atoms with E-state index < -0.39 is 0 Å². The van der Waals surface area contributed by atoms with Gasteiger partial charge in [0.25, 0.3) is 0 Å². The Balaban J connectivity index is 2.92. The van der Waals surface area contributed by atoms with Gasteiger partial charge in [0.1, 0.15) is 0 Å². The topological polar surface area (TPSA) is 9.23 Å². The summed E-state index contributed by atoms with van der Waals surface area (Å²) in [5, 5.41) is 0. The fourth-order valence-electron chi connectivity index (χ4n) is 0.684. The molecule has 1 radical (unpaired) electrons. The van der Waals surface area contributed by atoms with E-state index in [1.807, 2.05) is 6.92 Å². The van der Waals surface area contributed by atoms with E-state index in [-0.39, 0.29) is 0 Å². The first-order valence-electron chi connectivity index (χ1n) is 3.20. The summed E-state index contributed by atoms with van der Waals surface area (Å²) in [4.78, 5) is 0. The third kappa shape index (κ3) is 4.13. The summed E-state index contributed by atoms with van der Waals surface area (Å²) in [5.74, 6) is 0. The van der Waals surface area contributed by atoms with Crippen molar-refractivity contribution in [2.45, 2.75) is 33.3 Å². The Kier molecular flexibility index (Phi) is 5.08. The van der Waals surface area contributed by atoms with Crippen LogP contribution in [0.1, 0.15) is 27.2 Å². The zero-order chi connectivity index (χ0) is 6.41. The summed E-state index contributed by atoms with van der Waals surface area (Å²) >= 11 is 0. The fraction of sp³-hybridized carbons (Fsp3) is 0.857. The van der Waals surface area contributed by atoms with E-state index in [0.717, 1.165) is 13.0 Å². The van der Waals surface area contributed by atoms with Gasteiger partial charge >= 0.3 is 0 Å². The average Bonchev–Trinajstić information content (AvgIpc) is 1.68. The Morgan fingerprint density at radius 3 is 2.62 bits per heavy atom. The molecule has 1 heteroatoms. The Morgan fingerprint density at radius 2 is 2.25 bits per heavy atom. The second-order valence-corrected chi connectivity index (χ2v) is 1.91. The smallest absolute Gasteiger partial charge is 0.0549 e. The van der Waals surface area contributed by atoms with E-state index in [0.29, 0.717) is 6.10 Å². The molecule has 0 spiro atoms. The third-order valence-electron chi connectivity index (χ3n) is 1.02. The molecule has 0 N–H and O–H groups in total. The van der Waals surface area contributed by atoms with E-state index in [2.05, 4.69) is 20.3 Å². The highest BCUT2D eigenvalue weighted by Crippen LogP contribution is 1.97. The largest absolute Gasteiger partial charge is 0.379 e. The van der Waals surface area contributed by atoms with Crippen LogP contribution in [-0.2, 0) is 4.74 Å². The van der Waals surface area contributed by atoms with E-state index >= 15 is 0 Å². The van der Waals surface area contributed by atoms with Crippen LogP contribution in [0.15, 0.2) is 0 Å². The summed E-state index contributed by atoms with van der Waals surface area (Å²) < 4.78 is 5.25. The molecule has 0 aromatic carbocycles. The summed E-state index contributed by atoms with van der Waals surface area (Å²) in [6, 6.07) is 0. The Hall–Kier alpha value is -0.0400. The van der Waals surface area contributed by atoms with E-state index in [9.17, 15) is 0 Å². The minimum absolute atomic E-state index is 0.407. The number of hydrogen-bond acceptors (Lipinski definition) is 1. The second-order valence-electron chi connectivity index (χ2n) is 1.91. The molecule has 0 aromatic heterocycles. The van der Waals surface area contributed by atoms with E-state index in [1.54, 1.807) is 0 Å². The van der Waals surface area contributed by atoms with Gasteiger partial charge in [0.2, 0.25) is 0 Å². The number of rotatable bonds is 4. The standard InChI is InChI=1S/C7H15O/c1-4-6-7(3)8-5-2/h4,7H,5-6H2,1-3H3. The van der Waals surface area contributed by atoms with Gasteiger partial charge in [-0.2, -0.15) is 0 Å². The van der Waals surface area contributed by atoms with Crippen LogP contribution in [0.25, 0.3) is 0 Å². The van der Waals surface area contributed by atoms with Crippen molar-refractivity contribution in [3.05, 3.63) is 6.42 Å². The summed E-state index contributed by atoms with van der Waals surface area (Å²) in [6.45, 7) is 6.99. The SMILES string of the molecule is C[CH]CC(C)OCC. The van der Waals surface area contributed by atoms with Gasteiger partial charge in [-0.05, 0) is 26.7 Å². The minimum Gasteiger partial charge on any atom is -0.379 e. The van der Waals surface area contributed by atoms with Gasteiger partial charge in [-0.3, -0.25) is 0 Å². The molecule has 0 amide bonds. The molecular weight excluding hydrogens is 100 g/mol. The molecule has 0 aromatic rings. The fourth-order valence-corrected chi connectivity index (χ4v) is 0.684. The molecule has 0 aliphatic heterocycles. The molecule has 0 saturated heterocycles. The average molecular weight is 115 g/mol. The molecular formula is C7H15O. The van der Waals surface area contributed by atoms with Crippen molar-refractivity contribution in [1.29, 1.82) is 0 Å². The van der Waals surface area contributed by atoms with Gasteiger partial charge in [-0.25, -0.2) is 0 Å². The third-order valence-corrected chi connectivity index (χ3v) is 1.02. The predicted octanol–water partition coefficient (Wildman–Crippen LogP) is 2.03. The zero-order valence-electron chi connectivity index (χ0n) is 5.98. The lowest BCUT2D eigenvalue weighted by Crippen LogP contribution is -2.06. The highest BCUT2D eigenvalue weighted by molar-refractivity contribution is 4.60. The maximum Gasteiger partial charge on any atom is 0.0549 e. The van der Waals surface area contributed by atoms with Crippen molar-refractivity contribution in [3.8, 4) is 0 Å². The highest BCUT2D eigenvalue weighted by atomic mass is 16.5. The van der Waals surface area contributed by atoms with Crippen molar-refractivity contribution in [2.24, 2.45) is 0 Å². The lowest BCUT2D eigenvalue weighted by molar-refractivity contribution is 0.0762. The molecule has 1 nitrogen and oxygen atoms in total. The van der Waals surface area contributed by atoms with Crippen LogP contribution in [0.2, 0.25) is 0 Å². The molecule has 49 valence electrons. The molecule has 1 unspecified atom stereocenters. The van der Waals surface area contributed by atoms with Crippen LogP contribution in [-0.4, -0.2) is 12.7 Å². The van der Waals surface area contributed by atoms with Crippen molar-refractivity contribution in [1.82, 2.24) is 0 Å². The summed E-state index contributed by atoms with van der Waals surface area (Å²) in [7, 11) is 0. The van der Waals surface area contributed by atoms with Gasteiger partial charge in [0.05, 0.1) is 6.10 Å². The first-order valence-corrected chi connectivity index (χ1v) is 3.20. The highest BCUT2D eigenvalue weighted by Gasteiger charge is 1.95. The summed E-state index contributed by atoms with van der Waals surface area (Å²) in [6.07, 6.45) is 3.60. The quantitative estimate of drug-likeness (QED) is 0.544.